The zero-order valence-corrected chi connectivity index (χ0v) is 8.80. The normalized spacial score (nSPS) is 21.9. The Morgan fingerprint density at radius 3 is 1.92 bits per heavy atom. The van der Waals surface area contributed by atoms with Gasteiger partial charge in [-0.25, -0.2) is 0 Å². The van der Waals surface area contributed by atoms with Crippen molar-refractivity contribution in [1.29, 1.82) is 0 Å². The molecule has 0 aromatic carbocycles. The summed E-state index contributed by atoms with van der Waals surface area (Å²) < 4.78 is 0. The number of rotatable bonds is 3. The highest BCUT2D eigenvalue weighted by atomic mass is 15.1. The Bertz CT molecular complexity index is 105. The molecular formula is C11H24N2. The van der Waals surface area contributed by atoms with Gasteiger partial charge in [-0.2, -0.15) is 0 Å². The van der Waals surface area contributed by atoms with Crippen molar-refractivity contribution in [3.8, 4) is 0 Å². The molecule has 2 nitrogen and oxygen atoms in total. The van der Waals surface area contributed by atoms with Crippen molar-refractivity contribution in [3.63, 3.8) is 0 Å². The molecule has 78 valence electrons. The molecule has 1 heterocycles. The maximum absolute atomic E-state index is 5.52. The summed E-state index contributed by atoms with van der Waals surface area (Å²) in [5.41, 5.74) is 5.52. The molecule has 0 aromatic heterocycles. The predicted molar refractivity (Wildman–Crippen MR) is 57.8 cm³/mol. The first-order valence-electron chi connectivity index (χ1n) is 5.86. The summed E-state index contributed by atoms with van der Waals surface area (Å²) in [6.45, 7) is 4.67. The fraction of sp³-hybridized carbons (Fsp3) is 1.00. The fourth-order valence-corrected chi connectivity index (χ4v) is 2.03. The van der Waals surface area contributed by atoms with Crippen molar-refractivity contribution in [2.45, 2.75) is 44.9 Å². The first-order chi connectivity index (χ1) is 6.43. The third kappa shape index (κ3) is 5.27. The summed E-state index contributed by atoms with van der Waals surface area (Å²) in [5.74, 6) is 0. The maximum atomic E-state index is 5.52. The van der Waals surface area contributed by atoms with Crippen molar-refractivity contribution in [2.75, 3.05) is 26.2 Å². The van der Waals surface area contributed by atoms with Gasteiger partial charge in [0.15, 0.2) is 0 Å². The van der Waals surface area contributed by atoms with Gasteiger partial charge in [0, 0.05) is 0 Å². The Kier molecular flexibility index (Phi) is 6.21. The van der Waals surface area contributed by atoms with Gasteiger partial charge in [0.2, 0.25) is 0 Å². The molecule has 1 aliphatic rings. The Labute approximate surface area is 82.5 Å². The zero-order valence-electron chi connectivity index (χ0n) is 8.80. The first kappa shape index (κ1) is 11.0. The summed E-state index contributed by atoms with van der Waals surface area (Å²) >= 11 is 0. The molecule has 0 amide bonds. The molecule has 1 fully saturated rings. The summed E-state index contributed by atoms with van der Waals surface area (Å²) in [6.07, 6.45) is 9.71. The van der Waals surface area contributed by atoms with Crippen molar-refractivity contribution in [1.82, 2.24) is 4.90 Å². The van der Waals surface area contributed by atoms with Crippen LogP contribution in [0.15, 0.2) is 0 Å². The molecule has 0 bridgehead atoms. The van der Waals surface area contributed by atoms with Crippen LogP contribution in [0.1, 0.15) is 44.9 Å². The van der Waals surface area contributed by atoms with Crippen molar-refractivity contribution in [3.05, 3.63) is 0 Å². The molecule has 2 heteroatoms. The number of nitrogens with two attached hydrogens (primary N) is 1. The van der Waals surface area contributed by atoms with Crippen molar-refractivity contribution >= 4 is 0 Å². The second-order valence-electron chi connectivity index (χ2n) is 4.11. The average molecular weight is 184 g/mol. The lowest BCUT2D eigenvalue weighted by molar-refractivity contribution is 0.267. The number of hydrogen-bond donors (Lipinski definition) is 1. The lowest BCUT2D eigenvalue weighted by atomic mass is 10.1. The van der Waals surface area contributed by atoms with E-state index in [-0.39, 0.29) is 0 Å². The van der Waals surface area contributed by atoms with Crippen LogP contribution in [0.5, 0.6) is 0 Å². The summed E-state index contributed by atoms with van der Waals surface area (Å²) in [6, 6.07) is 0. The first-order valence-corrected chi connectivity index (χ1v) is 5.86. The van der Waals surface area contributed by atoms with Gasteiger partial charge in [-0.1, -0.05) is 25.7 Å². The highest BCUT2D eigenvalue weighted by molar-refractivity contribution is 4.61. The topological polar surface area (TPSA) is 29.3 Å². The maximum Gasteiger partial charge on any atom is -0.000672 e. The van der Waals surface area contributed by atoms with Crippen LogP contribution < -0.4 is 5.73 Å². The van der Waals surface area contributed by atoms with E-state index in [2.05, 4.69) is 4.90 Å². The molecule has 2 N–H and O–H groups in total. The average Bonchev–Trinajstić information content (AvgIpc) is 2.28. The standard InChI is InChI=1S/C11H24N2/c12-8-7-11-13-9-5-3-1-2-4-6-10-13/h1-12H2. The van der Waals surface area contributed by atoms with Gasteiger partial charge in [-0.05, 0) is 45.4 Å². The third-order valence-electron chi connectivity index (χ3n) is 2.88. The highest BCUT2D eigenvalue weighted by Crippen LogP contribution is 2.10. The van der Waals surface area contributed by atoms with Gasteiger partial charge in [0.25, 0.3) is 0 Å². The molecule has 0 radical (unpaired) electrons. The minimum Gasteiger partial charge on any atom is -0.330 e. The van der Waals surface area contributed by atoms with E-state index in [1.807, 2.05) is 0 Å². The molecule has 0 aromatic rings. The Morgan fingerprint density at radius 2 is 1.38 bits per heavy atom. The quantitative estimate of drug-likeness (QED) is 0.727. The van der Waals surface area contributed by atoms with E-state index >= 15 is 0 Å². The Morgan fingerprint density at radius 1 is 0.846 bits per heavy atom. The van der Waals surface area contributed by atoms with E-state index in [4.69, 9.17) is 5.73 Å². The smallest absolute Gasteiger partial charge is 0.000672 e. The van der Waals surface area contributed by atoms with Crippen LogP contribution in [0.3, 0.4) is 0 Å². The second-order valence-corrected chi connectivity index (χ2v) is 4.11. The molecule has 13 heavy (non-hydrogen) atoms. The zero-order chi connectivity index (χ0) is 9.36. The Hall–Kier alpha value is -0.0800. The molecule has 0 unspecified atom stereocenters. The van der Waals surface area contributed by atoms with Gasteiger partial charge in [-0.3, -0.25) is 0 Å². The van der Waals surface area contributed by atoms with Crippen LogP contribution in [-0.4, -0.2) is 31.1 Å². The largest absolute Gasteiger partial charge is 0.330 e. The van der Waals surface area contributed by atoms with E-state index in [9.17, 15) is 0 Å². The Balaban J connectivity index is 2.16. The molecule has 1 rings (SSSR count). The van der Waals surface area contributed by atoms with Gasteiger partial charge in [-0.15, -0.1) is 0 Å². The van der Waals surface area contributed by atoms with E-state index < -0.39 is 0 Å². The van der Waals surface area contributed by atoms with E-state index in [0.29, 0.717) is 0 Å². The molecule has 0 aliphatic carbocycles. The van der Waals surface area contributed by atoms with Crippen molar-refractivity contribution < 1.29 is 0 Å². The van der Waals surface area contributed by atoms with E-state index in [1.165, 1.54) is 64.6 Å². The molecule has 0 saturated carbocycles. The molecule has 1 aliphatic heterocycles. The highest BCUT2D eigenvalue weighted by Gasteiger charge is 2.05. The van der Waals surface area contributed by atoms with Crippen molar-refractivity contribution in [2.24, 2.45) is 5.73 Å². The van der Waals surface area contributed by atoms with Gasteiger partial charge < -0.3 is 10.6 Å². The van der Waals surface area contributed by atoms with Crippen LogP contribution >= 0.6 is 0 Å². The van der Waals surface area contributed by atoms with E-state index in [0.717, 1.165) is 6.54 Å². The van der Waals surface area contributed by atoms with Crippen LogP contribution in [-0.2, 0) is 0 Å². The van der Waals surface area contributed by atoms with Gasteiger partial charge >= 0.3 is 0 Å². The summed E-state index contributed by atoms with van der Waals surface area (Å²) in [5, 5.41) is 0. The van der Waals surface area contributed by atoms with Crippen LogP contribution in [0.25, 0.3) is 0 Å². The molecule has 0 atom stereocenters. The monoisotopic (exact) mass is 184 g/mol. The van der Waals surface area contributed by atoms with Gasteiger partial charge in [0.1, 0.15) is 0 Å². The minimum absolute atomic E-state index is 0.844. The SMILES string of the molecule is NCCCN1CCCCCCCC1. The lowest BCUT2D eigenvalue weighted by Gasteiger charge is -2.20. The lowest BCUT2D eigenvalue weighted by Crippen LogP contribution is -2.28. The molecule has 1 saturated heterocycles. The van der Waals surface area contributed by atoms with E-state index in [1.54, 1.807) is 0 Å². The van der Waals surface area contributed by atoms with Gasteiger partial charge in [0.05, 0.1) is 0 Å². The minimum atomic E-state index is 0.844. The van der Waals surface area contributed by atoms with Crippen LogP contribution in [0.2, 0.25) is 0 Å². The fourth-order valence-electron chi connectivity index (χ4n) is 2.03. The van der Waals surface area contributed by atoms with Crippen LogP contribution in [0, 0.1) is 0 Å². The summed E-state index contributed by atoms with van der Waals surface area (Å²) in [7, 11) is 0. The predicted octanol–water partition coefficient (Wildman–Crippen LogP) is 1.99. The molecule has 0 spiro atoms. The molecular weight excluding hydrogens is 160 g/mol. The second kappa shape index (κ2) is 7.34. The summed E-state index contributed by atoms with van der Waals surface area (Å²) in [4.78, 5) is 2.60. The number of hydrogen-bond acceptors (Lipinski definition) is 2. The number of nitrogens with zero attached hydrogens (tertiary/aromatic N) is 1. The van der Waals surface area contributed by atoms with Crippen LogP contribution in [0.4, 0.5) is 0 Å². The third-order valence-corrected chi connectivity index (χ3v) is 2.88.